The second-order valence-electron chi connectivity index (χ2n) is 4.13. The van der Waals surface area contributed by atoms with E-state index in [4.69, 9.17) is 17.4 Å². The lowest BCUT2D eigenvalue weighted by Crippen LogP contribution is -2.30. The number of halogens is 1. The number of rotatable bonds is 5. The number of nitrogens with one attached hydrogen (secondary N) is 1. The maximum atomic E-state index is 6.15. The third-order valence-electron chi connectivity index (χ3n) is 3.00. The van der Waals surface area contributed by atoms with Gasteiger partial charge >= 0.3 is 0 Å². The van der Waals surface area contributed by atoms with Gasteiger partial charge in [0.05, 0.1) is 11.1 Å². The number of thioether (sulfide) groups is 1. The summed E-state index contributed by atoms with van der Waals surface area (Å²) in [7, 11) is 0. The minimum absolute atomic E-state index is 0.0311. The molecule has 3 nitrogen and oxygen atoms in total. The molecule has 1 aromatic heterocycles. The van der Waals surface area contributed by atoms with Gasteiger partial charge in [-0.1, -0.05) is 29.8 Å². The summed E-state index contributed by atoms with van der Waals surface area (Å²) in [6.45, 7) is 0. The molecule has 1 atom stereocenters. The van der Waals surface area contributed by atoms with Crippen molar-refractivity contribution in [2.75, 3.05) is 6.26 Å². The van der Waals surface area contributed by atoms with Crippen LogP contribution in [-0.2, 0) is 6.42 Å². The molecule has 1 aromatic carbocycles. The summed E-state index contributed by atoms with van der Waals surface area (Å²) < 4.78 is 0. The fourth-order valence-electron chi connectivity index (χ4n) is 2.00. The topological polar surface area (TPSA) is 50.9 Å². The van der Waals surface area contributed by atoms with E-state index in [0.717, 1.165) is 12.0 Å². The Labute approximate surface area is 122 Å². The second-order valence-corrected chi connectivity index (χ2v) is 5.39. The predicted octanol–water partition coefficient (Wildman–Crippen LogP) is 3.20. The third kappa shape index (κ3) is 3.48. The Balaban J connectivity index is 2.28. The van der Waals surface area contributed by atoms with Crippen LogP contribution in [0.4, 0.5) is 0 Å². The molecule has 5 heteroatoms. The minimum Gasteiger partial charge on any atom is -0.271 e. The van der Waals surface area contributed by atoms with Crippen molar-refractivity contribution < 1.29 is 0 Å². The van der Waals surface area contributed by atoms with E-state index in [1.165, 1.54) is 10.5 Å². The Morgan fingerprint density at radius 2 is 2.16 bits per heavy atom. The first-order chi connectivity index (χ1) is 9.26. The predicted molar refractivity (Wildman–Crippen MR) is 81.2 cm³/mol. The molecule has 0 spiro atoms. The van der Waals surface area contributed by atoms with Gasteiger partial charge in [0.15, 0.2) is 0 Å². The highest BCUT2D eigenvalue weighted by Crippen LogP contribution is 2.29. The first-order valence-corrected chi connectivity index (χ1v) is 7.54. The summed E-state index contributed by atoms with van der Waals surface area (Å²) in [5.74, 6) is 5.71. The van der Waals surface area contributed by atoms with Crippen LogP contribution >= 0.6 is 23.4 Å². The number of aromatic nitrogens is 1. The summed E-state index contributed by atoms with van der Waals surface area (Å²) in [4.78, 5) is 5.21. The van der Waals surface area contributed by atoms with Gasteiger partial charge in [-0.3, -0.25) is 16.3 Å². The standard InChI is InChI=1S/C14H16ClN3S/c1-19-14-5-3-2-4-11(14)13(18-16)8-10-6-7-17-9-12(10)15/h2-7,9,13,18H,8,16H2,1H3. The van der Waals surface area contributed by atoms with Crippen molar-refractivity contribution in [2.24, 2.45) is 5.84 Å². The van der Waals surface area contributed by atoms with Gasteiger partial charge < -0.3 is 0 Å². The summed E-state index contributed by atoms with van der Waals surface area (Å²) >= 11 is 7.86. The normalized spacial score (nSPS) is 12.4. The molecule has 0 saturated carbocycles. The van der Waals surface area contributed by atoms with Crippen molar-refractivity contribution in [3.05, 3.63) is 58.9 Å². The lowest BCUT2D eigenvalue weighted by atomic mass is 10.00. The van der Waals surface area contributed by atoms with Gasteiger partial charge in [0.2, 0.25) is 0 Å². The van der Waals surface area contributed by atoms with Crippen molar-refractivity contribution in [1.82, 2.24) is 10.4 Å². The van der Waals surface area contributed by atoms with E-state index in [2.05, 4.69) is 28.8 Å². The SMILES string of the molecule is CSc1ccccc1C(Cc1ccncc1Cl)NN. The third-order valence-corrected chi connectivity index (χ3v) is 4.15. The van der Waals surface area contributed by atoms with E-state index in [-0.39, 0.29) is 6.04 Å². The van der Waals surface area contributed by atoms with Crippen LogP contribution in [0, 0.1) is 0 Å². The fourth-order valence-corrected chi connectivity index (χ4v) is 2.86. The van der Waals surface area contributed by atoms with Crippen molar-refractivity contribution >= 4 is 23.4 Å². The zero-order chi connectivity index (χ0) is 13.7. The number of nitrogens with two attached hydrogens (primary N) is 1. The van der Waals surface area contributed by atoms with Crippen LogP contribution in [0.25, 0.3) is 0 Å². The molecule has 1 unspecified atom stereocenters. The number of pyridine rings is 1. The van der Waals surface area contributed by atoms with Gasteiger partial charge in [-0.2, -0.15) is 0 Å². The molecule has 0 fully saturated rings. The molecule has 2 aromatic rings. The fraction of sp³-hybridized carbons (Fsp3) is 0.214. The Morgan fingerprint density at radius 1 is 1.37 bits per heavy atom. The van der Waals surface area contributed by atoms with Crippen LogP contribution in [0.2, 0.25) is 5.02 Å². The van der Waals surface area contributed by atoms with Crippen LogP contribution in [-0.4, -0.2) is 11.2 Å². The zero-order valence-electron chi connectivity index (χ0n) is 10.6. The van der Waals surface area contributed by atoms with E-state index in [1.807, 2.05) is 18.2 Å². The Kier molecular flexibility index (Phi) is 5.22. The van der Waals surface area contributed by atoms with Crippen LogP contribution in [0.15, 0.2) is 47.6 Å². The van der Waals surface area contributed by atoms with E-state index < -0.39 is 0 Å². The van der Waals surface area contributed by atoms with E-state index in [1.54, 1.807) is 24.2 Å². The molecule has 0 amide bonds. The molecule has 2 rings (SSSR count). The Hall–Kier alpha value is -1.07. The maximum Gasteiger partial charge on any atom is 0.0622 e. The number of nitrogens with zero attached hydrogens (tertiary/aromatic N) is 1. The highest BCUT2D eigenvalue weighted by atomic mass is 35.5. The van der Waals surface area contributed by atoms with Gasteiger partial charge in [0.25, 0.3) is 0 Å². The molecule has 0 aliphatic rings. The highest BCUT2D eigenvalue weighted by molar-refractivity contribution is 7.98. The first-order valence-electron chi connectivity index (χ1n) is 5.93. The molecular formula is C14H16ClN3S. The monoisotopic (exact) mass is 293 g/mol. The van der Waals surface area contributed by atoms with E-state index >= 15 is 0 Å². The quantitative estimate of drug-likeness (QED) is 0.505. The molecule has 0 aliphatic carbocycles. The number of hydrazine groups is 1. The Bertz CT molecular complexity index is 548. The molecule has 19 heavy (non-hydrogen) atoms. The first kappa shape index (κ1) is 14.3. The largest absolute Gasteiger partial charge is 0.271 e. The summed E-state index contributed by atoms with van der Waals surface area (Å²) in [5.41, 5.74) is 5.10. The van der Waals surface area contributed by atoms with Gasteiger partial charge in [0, 0.05) is 17.3 Å². The summed E-state index contributed by atoms with van der Waals surface area (Å²) in [5, 5.41) is 0.671. The van der Waals surface area contributed by atoms with Crippen molar-refractivity contribution in [3.63, 3.8) is 0 Å². The molecular weight excluding hydrogens is 278 g/mol. The van der Waals surface area contributed by atoms with E-state index in [9.17, 15) is 0 Å². The minimum atomic E-state index is 0.0311. The maximum absolute atomic E-state index is 6.15. The second kappa shape index (κ2) is 6.91. The molecule has 0 saturated heterocycles. The zero-order valence-corrected chi connectivity index (χ0v) is 12.2. The number of benzene rings is 1. The van der Waals surface area contributed by atoms with Gasteiger partial charge in [-0.05, 0) is 35.9 Å². The average molecular weight is 294 g/mol. The average Bonchev–Trinajstić information content (AvgIpc) is 2.46. The van der Waals surface area contributed by atoms with Crippen LogP contribution in [0.1, 0.15) is 17.2 Å². The van der Waals surface area contributed by atoms with E-state index in [0.29, 0.717) is 5.02 Å². The lowest BCUT2D eigenvalue weighted by molar-refractivity contribution is 0.544. The van der Waals surface area contributed by atoms with Crippen molar-refractivity contribution in [2.45, 2.75) is 17.4 Å². The summed E-state index contributed by atoms with van der Waals surface area (Å²) in [6, 6.07) is 10.2. The van der Waals surface area contributed by atoms with Crippen LogP contribution in [0.3, 0.4) is 0 Å². The van der Waals surface area contributed by atoms with Gasteiger partial charge in [-0.15, -0.1) is 11.8 Å². The van der Waals surface area contributed by atoms with Crippen LogP contribution in [0.5, 0.6) is 0 Å². The smallest absolute Gasteiger partial charge is 0.0622 e. The van der Waals surface area contributed by atoms with Gasteiger partial charge in [0.1, 0.15) is 0 Å². The van der Waals surface area contributed by atoms with Crippen LogP contribution < -0.4 is 11.3 Å². The van der Waals surface area contributed by atoms with Crippen molar-refractivity contribution in [1.29, 1.82) is 0 Å². The molecule has 0 bridgehead atoms. The summed E-state index contributed by atoms with van der Waals surface area (Å²) in [6.07, 6.45) is 6.20. The highest BCUT2D eigenvalue weighted by Gasteiger charge is 2.15. The molecule has 0 aliphatic heterocycles. The van der Waals surface area contributed by atoms with Crippen molar-refractivity contribution in [3.8, 4) is 0 Å². The number of hydrogen-bond donors (Lipinski definition) is 2. The number of hydrogen-bond acceptors (Lipinski definition) is 4. The lowest BCUT2D eigenvalue weighted by Gasteiger charge is -2.19. The Morgan fingerprint density at radius 3 is 2.84 bits per heavy atom. The molecule has 3 N–H and O–H groups in total. The molecule has 1 heterocycles. The molecule has 100 valence electrons. The van der Waals surface area contributed by atoms with Gasteiger partial charge in [-0.25, -0.2) is 0 Å². The molecule has 0 radical (unpaired) electrons.